The summed E-state index contributed by atoms with van der Waals surface area (Å²) < 4.78 is 0. The zero-order valence-corrected chi connectivity index (χ0v) is 15.6. The third-order valence-corrected chi connectivity index (χ3v) is 6.47. The Kier molecular flexibility index (Phi) is 5.07. The molecule has 2 heterocycles. The second-order valence-corrected chi connectivity index (χ2v) is 7.94. The molecule has 4 atom stereocenters. The summed E-state index contributed by atoms with van der Waals surface area (Å²) in [7, 11) is 2.34. The molecule has 2 aromatic carbocycles. The van der Waals surface area contributed by atoms with Crippen LogP contribution >= 0.6 is 0 Å². The summed E-state index contributed by atoms with van der Waals surface area (Å²) in [4.78, 5) is 17.2. The van der Waals surface area contributed by atoms with E-state index in [1.807, 2.05) is 36.4 Å². The van der Waals surface area contributed by atoms with Crippen molar-refractivity contribution in [1.82, 2.24) is 4.90 Å². The number of amides is 1. The van der Waals surface area contributed by atoms with Crippen molar-refractivity contribution >= 4 is 5.91 Å². The first-order valence-corrected chi connectivity index (χ1v) is 9.95. The smallest absolute Gasteiger partial charge is 0.254 e. The Morgan fingerprint density at radius 1 is 0.962 bits per heavy atom. The molecule has 1 amide bonds. The van der Waals surface area contributed by atoms with Gasteiger partial charge in [-0.1, -0.05) is 48.5 Å². The van der Waals surface area contributed by atoms with Crippen molar-refractivity contribution in [2.75, 3.05) is 13.6 Å². The maximum atomic E-state index is 13.3. The second-order valence-electron chi connectivity index (χ2n) is 7.94. The van der Waals surface area contributed by atoms with Gasteiger partial charge in [0.1, 0.15) is 0 Å². The standard InChI is InChI=1S/C23H28N2O/c1-24-20-12-13-21(24)17-22(16-20)25(15-14-18-8-4-2-5-9-18)23(26)19-10-6-3-7-11-19/h2-11,20-22H,12-17H2,1H3/p+1/t20-,21+,22?. The normalized spacial score (nSPS) is 27.3. The lowest BCUT2D eigenvalue weighted by atomic mass is 9.95. The molecule has 0 radical (unpaired) electrons. The molecule has 2 aliphatic rings. The van der Waals surface area contributed by atoms with E-state index in [0.29, 0.717) is 6.04 Å². The molecule has 2 aliphatic heterocycles. The highest BCUT2D eigenvalue weighted by atomic mass is 16.2. The molecule has 2 fully saturated rings. The highest BCUT2D eigenvalue weighted by Gasteiger charge is 2.44. The van der Waals surface area contributed by atoms with E-state index in [2.05, 4.69) is 36.2 Å². The molecule has 3 nitrogen and oxygen atoms in total. The van der Waals surface area contributed by atoms with Gasteiger partial charge >= 0.3 is 0 Å². The number of carbonyl (C=O) groups excluding carboxylic acids is 1. The number of quaternary nitrogens is 1. The van der Waals surface area contributed by atoms with Crippen molar-refractivity contribution in [3.8, 4) is 0 Å². The lowest BCUT2D eigenvalue weighted by molar-refractivity contribution is -0.922. The monoisotopic (exact) mass is 349 g/mol. The van der Waals surface area contributed by atoms with Crippen molar-refractivity contribution < 1.29 is 9.69 Å². The van der Waals surface area contributed by atoms with E-state index in [1.165, 1.54) is 18.4 Å². The van der Waals surface area contributed by atoms with Gasteiger partial charge in [0.05, 0.1) is 19.1 Å². The van der Waals surface area contributed by atoms with Crippen LogP contribution in [0.1, 0.15) is 41.6 Å². The van der Waals surface area contributed by atoms with E-state index in [9.17, 15) is 4.79 Å². The fourth-order valence-corrected chi connectivity index (χ4v) is 4.90. The van der Waals surface area contributed by atoms with Crippen molar-refractivity contribution in [2.45, 2.75) is 50.2 Å². The summed E-state index contributed by atoms with van der Waals surface area (Å²) in [5.41, 5.74) is 2.12. The predicted molar refractivity (Wildman–Crippen MR) is 104 cm³/mol. The number of nitrogens with zero attached hydrogens (tertiary/aromatic N) is 1. The van der Waals surface area contributed by atoms with Gasteiger partial charge < -0.3 is 9.80 Å². The predicted octanol–water partition coefficient (Wildman–Crippen LogP) is 2.58. The van der Waals surface area contributed by atoms with E-state index in [1.54, 1.807) is 4.90 Å². The minimum Gasteiger partial charge on any atom is -0.335 e. The summed E-state index contributed by atoms with van der Waals surface area (Å²) in [6.45, 7) is 0.806. The average molecular weight is 349 g/mol. The molecule has 26 heavy (non-hydrogen) atoms. The van der Waals surface area contributed by atoms with E-state index < -0.39 is 0 Å². The zero-order valence-electron chi connectivity index (χ0n) is 15.6. The van der Waals surface area contributed by atoms with Crippen LogP contribution in [0.15, 0.2) is 60.7 Å². The second kappa shape index (κ2) is 7.63. The first-order valence-electron chi connectivity index (χ1n) is 9.95. The van der Waals surface area contributed by atoms with E-state index in [0.717, 1.165) is 43.5 Å². The van der Waals surface area contributed by atoms with Crippen molar-refractivity contribution in [3.05, 3.63) is 71.8 Å². The molecule has 2 aromatic rings. The molecule has 136 valence electrons. The maximum absolute atomic E-state index is 13.3. The SMILES string of the molecule is C[NH+]1[C@@H]2CC[C@H]1CC(N(CCc1ccccc1)C(=O)c1ccccc1)C2. The van der Waals surface area contributed by atoms with Crippen LogP contribution in [0, 0.1) is 0 Å². The largest absolute Gasteiger partial charge is 0.335 e. The summed E-state index contributed by atoms with van der Waals surface area (Å²) >= 11 is 0. The van der Waals surface area contributed by atoms with Crippen molar-refractivity contribution in [1.29, 1.82) is 0 Å². The number of hydrogen-bond donors (Lipinski definition) is 1. The highest BCUT2D eigenvalue weighted by Crippen LogP contribution is 2.27. The van der Waals surface area contributed by atoms with Crippen LogP contribution in [0.2, 0.25) is 0 Å². The van der Waals surface area contributed by atoms with Gasteiger partial charge in [-0.15, -0.1) is 0 Å². The number of nitrogens with one attached hydrogen (secondary N) is 1. The van der Waals surface area contributed by atoms with Crippen molar-refractivity contribution in [3.63, 3.8) is 0 Å². The van der Waals surface area contributed by atoms with Gasteiger partial charge in [-0.05, 0) is 24.1 Å². The van der Waals surface area contributed by atoms with Gasteiger partial charge in [-0.3, -0.25) is 4.79 Å². The van der Waals surface area contributed by atoms with Gasteiger partial charge in [0.25, 0.3) is 5.91 Å². The molecule has 3 heteroatoms. The van der Waals surface area contributed by atoms with E-state index >= 15 is 0 Å². The van der Waals surface area contributed by atoms with Gasteiger partial charge in [-0.25, -0.2) is 0 Å². The summed E-state index contributed by atoms with van der Waals surface area (Å²) in [5.74, 6) is 0.200. The van der Waals surface area contributed by atoms with Crippen LogP contribution in [-0.2, 0) is 6.42 Å². The van der Waals surface area contributed by atoms with Crippen LogP contribution in [-0.4, -0.2) is 42.5 Å². The average Bonchev–Trinajstić information content (AvgIpc) is 2.90. The Balaban J connectivity index is 1.54. The Bertz CT molecular complexity index is 716. The Labute approximate surface area is 156 Å². The van der Waals surface area contributed by atoms with Gasteiger partial charge in [0.15, 0.2) is 0 Å². The number of rotatable bonds is 5. The van der Waals surface area contributed by atoms with Gasteiger partial charge in [-0.2, -0.15) is 0 Å². The van der Waals surface area contributed by atoms with Crippen LogP contribution in [0.25, 0.3) is 0 Å². The number of carbonyl (C=O) groups is 1. The molecular formula is C23H29N2O+. The molecule has 2 unspecified atom stereocenters. The number of benzene rings is 2. The minimum atomic E-state index is 0.200. The molecule has 2 saturated heterocycles. The number of fused-ring (bicyclic) bond motifs is 2. The highest BCUT2D eigenvalue weighted by molar-refractivity contribution is 5.94. The molecule has 2 bridgehead atoms. The quantitative estimate of drug-likeness (QED) is 0.882. The summed E-state index contributed by atoms with van der Waals surface area (Å²) in [5, 5.41) is 0. The summed E-state index contributed by atoms with van der Waals surface area (Å²) in [6, 6.07) is 22.2. The molecule has 0 spiro atoms. The van der Waals surface area contributed by atoms with Crippen LogP contribution in [0.3, 0.4) is 0 Å². The van der Waals surface area contributed by atoms with Crippen molar-refractivity contribution in [2.24, 2.45) is 0 Å². The third kappa shape index (κ3) is 3.54. The van der Waals surface area contributed by atoms with E-state index in [-0.39, 0.29) is 5.91 Å². The fourth-order valence-electron chi connectivity index (χ4n) is 4.90. The summed E-state index contributed by atoms with van der Waals surface area (Å²) in [6.07, 6.45) is 5.86. The Hall–Kier alpha value is -2.13. The first-order chi connectivity index (χ1) is 12.7. The molecule has 0 saturated carbocycles. The molecule has 0 aliphatic carbocycles. The fraction of sp³-hybridized carbons (Fsp3) is 0.435. The van der Waals surface area contributed by atoms with Gasteiger partial charge in [0.2, 0.25) is 0 Å². The Morgan fingerprint density at radius 2 is 1.54 bits per heavy atom. The maximum Gasteiger partial charge on any atom is 0.254 e. The van der Waals surface area contributed by atoms with E-state index in [4.69, 9.17) is 0 Å². The number of hydrogen-bond acceptors (Lipinski definition) is 1. The topological polar surface area (TPSA) is 24.8 Å². The lowest BCUT2D eigenvalue weighted by Crippen LogP contribution is -3.15. The molecule has 1 N–H and O–H groups in total. The van der Waals surface area contributed by atoms with Gasteiger partial charge in [0, 0.05) is 43.8 Å². The zero-order chi connectivity index (χ0) is 17.9. The third-order valence-electron chi connectivity index (χ3n) is 6.47. The minimum absolute atomic E-state index is 0.200. The molecule has 4 rings (SSSR count). The van der Waals surface area contributed by atoms with Crippen LogP contribution < -0.4 is 4.90 Å². The lowest BCUT2D eigenvalue weighted by Gasteiger charge is -2.40. The van der Waals surface area contributed by atoms with Crippen LogP contribution in [0.4, 0.5) is 0 Å². The van der Waals surface area contributed by atoms with Crippen LogP contribution in [0.5, 0.6) is 0 Å². The first kappa shape index (κ1) is 17.3. The molecule has 0 aromatic heterocycles. The Morgan fingerprint density at radius 3 is 2.15 bits per heavy atom. The molecular weight excluding hydrogens is 320 g/mol. The number of piperidine rings is 1.